The average Bonchev–Trinajstić information content (AvgIpc) is 2.42. The molecule has 4 rings (SSSR count). The number of ether oxygens (including phenoxy) is 1. The van der Waals surface area contributed by atoms with Crippen LogP contribution in [0.25, 0.3) is 0 Å². The molecule has 0 N–H and O–H groups in total. The fraction of sp³-hybridized carbons (Fsp3) is 0.688. The number of fused-ring (bicyclic) bond motifs is 2. The van der Waals surface area contributed by atoms with Gasteiger partial charge in [0.05, 0.1) is 11.2 Å². The van der Waals surface area contributed by atoms with E-state index in [9.17, 15) is 4.79 Å². The van der Waals surface area contributed by atoms with Gasteiger partial charge in [0.15, 0.2) is 5.69 Å². The lowest BCUT2D eigenvalue weighted by Crippen LogP contribution is -2.57. The Kier molecular flexibility index (Phi) is 3.47. The summed E-state index contributed by atoms with van der Waals surface area (Å²) in [5.41, 5.74) is 0.556. The SMILES string of the molecule is Cc1ncc(Cl)c(C(=O)O[C@H]2C[C@H]3C[C@@H]([C@H]2C)C3(C)C)n1. The smallest absolute Gasteiger partial charge is 0.358 e. The summed E-state index contributed by atoms with van der Waals surface area (Å²) in [6.45, 7) is 8.57. The first-order valence-corrected chi connectivity index (χ1v) is 7.88. The van der Waals surface area contributed by atoms with E-state index in [0.717, 1.165) is 6.42 Å². The molecule has 0 aliphatic heterocycles. The molecule has 1 heterocycles. The van der Waals surface area contributed by atoms with Crippen molar-refractivity contribution in [2.75, 3.05) is 0 Å². The number of carbonyl (C=O) groups excluding carboxylic acids is 1. The lowest BCUT2D eigenvalue weighted by Gasteiger charge is -2.61. The Hall–Kier alpha value is -1.16. The van der Waals surface area contributed by atoms with Gasteiger partial charge in [-0.25, -0.2) is 14.8 Å². The monoisotopic (exact) mass is 308 g/mol. The van der Waals surface area contributed by atoms with Gasteiger partial charge in [-0.1, -0.05) is 32.4 Å². The topological polar surface area (TPSA) is 52.1 Å². The quantitative estimate of drug-likeness (QED) is 0.782. The second-order valence-electron chi connectivity index (χ2n) is 7.01. The number of carbonyl (C=O) groups is 1. The van der Waals surface area contributed by atoms with Crippen molar-refractivity contribution in [2.45, 2.75) is 46.6 Å². The molecule has 2 bridgehead atoms. The summed E-state index contributed by atoms with van der Waals surface area (Å²) in [4.78, 5) is 20.4. The molecule has 3 fully saturated rings. The number of aryl methyl sites for hydroxylation is 1. The lowest BCUT2D eigenvalue weighted by molar-refractivity contribution is -0.156. The summed E-state index contributed by atoms with van der Waals surface area (Å²) in [6, 6.07) is 0. The van der Waals surface area contributed by atoms with Crippen molar-refractivity contribution in [3.8, 4) is 0 Å². The molecule has 4 atom stereocenters. The van der Waals surface area contributed by atoms with Crippen LogP contribution in [0.1, 0.15) is 49.9 Å². The van der Waals surface area contributed by atoms with Gasteiger partial charge in [-0.2, -0.15) is 0 Å². The Labute approximate surface area is 130 Å². The lowest BCUT2D eigenvalue weighted by atomic mass is 9.45. The molecule has 0 spiro atoms. The normalized spacial score (nSPS) is 33.2. The number of nitrogens with zero attached hydrogens (tertiary/aromatic N) is 2. The van der Waals surface area contributed by atoms with E-state index >= 15 is 0 Å². The maximum absolute atomic E-state index is 12.3. The Morgan fingerprint density at radius 2 is 2.14 bits per heavy atom. The van der Waals surface area contributed by atoms with Gasteiger partial charge in [0.2, 0.25) is 0 Å². The molecular formula is C16H21ClN2O2. The van der Waals surface area contributed by atoms with E-state index in [1.165, 1.54) is 12.6 Å². The van der Waals surface area contributed by atoms with Crippen LogP contribution >= 0.6 is 11.6 Å². The first-order valence-electron chi connectivity index (χ1n) is 7.50. The van der Waals surface area contributed by atoms with Gasteiger partial charge < -0.3 is 4.74 Å². The van der Waals surface area contributed by atoms with Crippen LogP contribution < -0.4 is 0 Å². The van der Waals surface area contributed by atoms with Crippen LogP contribution in [0, 0.1) is 30.1 Å². The second-order valence-corrected chi connectivity index (χ2v) is 7.42. The Balaban J connectivity index is 1.73. The molecule has 0 radical (unpaired) electrons. The molecule has 0 saturated heterocycles. The average molecular weight is 309 g/mol. The summed E-state index contributed by atoms with van der Waals surface area (Å²) >= 11 is 6.00. The van der Waals surface area contributed by atoms with E-state index in [1.54, 1.807) is 6.92 Å². The summed E-state index contributed by atoms with van der Waals surface area (Å²) in [5, 5.41) is 0.250. The molecule has 0 unspecified atom stereocenters. The van der Waals surface area contributed by atoms with Crippen LogP contribution in [0.4, 0.5) is 0 Å². The van der Waals surface area contributed by atoms with Crippen LogP contribution in [0.2, 0.25) is 5.02 Å². The highest BCUT2D eigenvalue weighted by molar-refractivity contribution is 6.33. The molecule has 3 aliphatic carbocycles. The maximum Gasteiger partial charge on any atom is 0.358 e. The van der Waals surface area contributed by atoms with Crippen molar-refractivity contribution in [1.29, 1.82) is 0 Å². The summed E-state index contributed by atoms with van der Waals surface area (Å²) in [5.74, 6) is 1.76. The molecule has 5 heteroatoms. The first kappa shape index (κ1) is 14.8. The third kappa shape index (κ3) is 2.33. The van der Waals surface area contributed by atoms with Crippen molar-refractivity contribution in [3.05, 3.63) is 22.7 Å². The molecule has 0 aromatic carbocycles. The number of hydrogen-bond acceptors (Lipinski definition) is 4. The molecule has 4 nitrogen and oxygen atoms in total. The van der Waals surface area contributed by atoms with Crippen LogP contribution in [-0.2, 0) is 4.74 Å². The number of halogens is 1. The Morgan fingerprint density at radius 3 is 2.76 bits per heavy atom. The fourth-order valence-corrected chi connectivity index (χ4v) is 4.22. The van der Waals surface area contributed by atoms with Gasteiger partial charge in [0, 0.05) is 0 Å². The predicted octanol–water partition coefficient (Wildman–Crippen LogP) is 3.67. The van der Waals surface area contributed by atoms with Crippen molar-refractivity contribution in [1.82, 2.24) is 9.97 Å². The highest BCUT2D eigenvalue weighted by Gasteiger charge is 2.57. The molecule has 1 aromatic heterocycles. The number of aromatic nitrogens is 2. The van der Waals surface area contributed by atoms with Crippen molar-refractivity contribution in [2.24, 2.45) is 23.2 Å². The minimum Gasteiger partial charge on any atom is -0.457 e. The standard InChI is InChI=1S/C16H21ClN2O2/c1-8-11-5-10(16(11,3)4)6-13(8)21-15(20)14-12(17)7-18-9(2)19-14/h7-8,10-11,13H,5-6H2,1-4H3/t8-,10-,11+,13+/m1/s1. The molecule has 3 saturated carbocycles. The third-order valence-electron chi connectivity index (χ3n) is 5.60. The van der Waals surface area contributed by atoms with Gasteiger partial charge in [0.1, 0.15) is 11.9 Å². The molecule has 3 aliphatic rings. The van der Waals surface area contributed by atoms with E-state index in [0.29, 0.717) is 29.0 Å². The highest BCUT2D eigenvalue weighted by atomic mass is 35.5. The van der Waals surface area contributed by atoms with Crippen LogP contribution in [0.3, 0.4) is 0 Å². The van der Waals surface area contributed by atoms with Crippen LogP contribution in [-0.4, -0.2) is 22.0 Å². The van der Waals surface area contributed by atoms with Gasteiger partial charge >= 0.3 is 5.97 Å². The zero-order valence-electron chi connectivity index (χ0n) is 12.9. The van der Waals surface area contributed by atoms with E-state index in [2.05, 4.69) is 30.7 Å². The zero-order chi connectivity index (χ0) is 15.4. The van der Waals surface area contributed by atoms with Crippen molar-refractivity contribution < 1.29 is 9.53 Å². The van der Waals surface area contributed by atoms with Crippen LogP contribution in [0.5, 0.6) is 0 Å². The second kappa shape index (κ2) is 4.94. The highest BCUT2D eigenvalue weighted by Crippen LogP contribution is 2.61. The van der Waals surface area contributed by atoms with Gasteiger partial charge in [-0.05, 0) is 42.9 Å². The summed E-state index contributed by atoms with van der Waals surface area (Å²) in [6.07, 6.45) is 3.62. The summed E-state index contributed by atoms with van der Waals surface area (Å²) in [7, 11) is 0. The molecular weight excluding hydrogens is 288 g/mol. The van der Waals surface area contributed by atoms with Gasteiger partial charge in [0.25, 0.3) is 0 Å². The minimum atomic E-state index is -0.429. The van der Waals surface area contributed by atoms with E-state index < -0.39 is 5.97 Å². The van der Waals surface area contributed by atoms with Crippen molar-refractivity contribution in [3.63, 3.8) is 0 Å². The summed E-state index contributed by atoms with van der Waals surface area (Å²) < 4.78 is 5.71. The predicted molar refractivity (Wildman–Crippen MR) is 80.1 cm³/mol. The zero-order valence-corrected chi connectivity index (χ0v) is 13.6. The third-order valence-corrected chi connectivity index (χ3v) is 5.88. The van der Waals surface area contributed by atoms with Gasteiger partial charge in [-0.3, -0.25) is 0 Å². The number of esters is 1. The van der Waals surface area contributed by atoms with E-state index in [-0.39, 0.29) is 16.8 Å². The first-order chi connectivity index (χ1) is 9.80. The van der Waals surface area contributed by atoms with E-state index in [4.69, 9.17) is 16.3 Å². The fourth-order valence-electron chi connectivity index (χ4n) is 4.05. The molecule has 114 valence electrons. The number of hydrogen-bond donors (Lipinski definition) is 0. The minimum absolute atomic E-state index is 0.0272. The Morgan fingerprint density at radius 1 is 1.43 bits per heavy atom. The van der Waals surface area contributed by atoms with E-state index in [1.807, 2.05) is 0 Å². The van der Waals surface area contributed by atoms with Crippen molar-refractivity contribution >= 4 is 17.6 Å². The number of rotatable bonds is 2. The largest absolute Gasteiger partial charge is 0.457 e. The van der Waals surface area contributed by atoms with Gasteiger partial charge in [-0.15, -0.1) is 0 Å². The maximum atomic E-state index is 12.3. The molecule has 1 aromatic rings. The molecule has 0 amide bonds. The van der Waals surface area contributed by atoms with Crippen LogP contribution in [0.15, 0.2) is 6.20 Å². The molecule has 21 heavy (non-hydrogen) atoms. The Bertz CT molecular complexity index is 588.